The molecule has 0 spiro atoms. The van der Waals surface area contributed by atoms with E-state index in [1.807, 2.05) is 37.4 Å². The van der Waals surface area contributed by atoms with Crippen LogP contribution in [0.2, 0.25) is 0 Å². The van der Waals surface area contributed by atoms with Gasteiger partial charge in [0.2, 0.25) is 0 Å². The molecular formula is C19H30IN3O2. The number of para-hydroxylation sites is 1. The second-order valence-electron chi connectivity index (χ2n) is 5.76. The standard InChI is InChI=1S/C19H29N3O2.HI/c1-3-20-19(21-12-9-17-10-14-23-15-11-17)22(2)13-16-24-18-7-5-4-6-8-18;/h4-8,10H,3,9,11-16H2,1-2H3,(H,20,21);1H. The predicted octanol–water partition coefficient (Wildman–Crippen LogP) is 3.32. The van der Waals surface area contributed by atoms with E-state index in [1.54, 1.807) is 0 Å². The van der Waals surface area contributed by atoms with Crippen LogP contribution in [0.15, 0.2) is 47.0 Å². The van der Waals surface area contributed by atoms with Crippen molar-refractivity contribution in [3.8, 4) is 5.75 Å². The molecule has 1 aromatic rings. The molecule has 0 aliphatic carbocycles. The SMILES string of the molecule is CCNC(=NCCC1=CCOCC1)N(C)CCOc1ccccc1.I. The van der Waals surface area contributed by atoms with Gasteiger partial charge in [-0.2, -0.15) is 0 Å². The van der Waals surface area contributed by atoms with Crippen LogP contribution in [-0.2, 0) is 4.74 Å². The predicted molar refractivity (Wildman–Crippen MR) is 114 cm³/mol. The molecule has 0 unspecified atom stereocenters. The molecule has 0 fully saturated rings. The molecule has 140 valence electrons. The van der Waals surface area contributed by atoms with E-state index in [-0.39, 0.29) is 24.0 Å². The summed E-state index contributed by atoms with van der Waals surface area (Å²) in [6.45, 7) is 6.76. The van der Waals surface area contributed by atoms with Crippen molar-refractivity contribution in [1.82, 2.24) is 10.2 Å². The summed E-state index contributed by atoms with van der Waals surface area (Å²) in [5.74, 6) is 1.83. The summed E-state index contributed by atoms with van der Waals surface area (Å²) in [5.41, 5.74) is 1.45. The zero-order valence-electron chi connectivity index (χ0n) is 15.2. The van der Waals surface area contributed by atoms with Gasteiger partial charge in [0.25, 0.3) is 0 Å². The van der Waals surface area contributed by atoms with E-state index in [0.29, 0.717) is 6.61 Å². The zero-order chi connectivity index (χ0) is 17.0. The molecule has 0 saturated carbocycles. The number of guanidine groups is 1. The normalized spacial score (nSPS) is 14.3. The molecule has 0 atom stereocenters. The summed E-state index contributed by atoms with van der Waals surface area (Å²) < 4.78 is 11.1. The highest BCUT2D eigenvalue weighted by molar-refractivity contribution is 14.0. The molecule has 25 heavy (non-hydrogen) atoms. The van der Waals surface area contributed by atoms with Gasteiger partial charge in [-0.05, 0) is 31.9 Å². The second kappa shape index (κ2) is 13.0. The van der Waals surface area contributed by atoms with E-state index in [1.165, 1.54) is 5.57 Å². The monoisotopic (exact) mass is 459 g/mol. The van der Waals surface area contributed by atoms with E-state index in [9.17, 15) is 0 Å². The van der Waals surface area contributed by atoms with E-state index in [2.05, 4.69) is 23.2 Å². The molecule has 0 amide bonds. The highest BCUT2D eigenvalue weighted by Crippen LogP contribution is 2.11. The Morgan fingerprint density at radius 2 is 2.12 bits per heavy atom. The summed E-state index contributed by atoms with van der Waals surface area (Å²) in [6.07, 6.45) is 4.22. The summed E-state index contributed by atoms with van der Waals surface area (Å²) in [5, 5.41) is 3.35. The van der Waals surface area contributed by atoms with Crippen molar-refractivity contribution in [2.45, 2.75) is 19.8 Å². The first-order valence-electron chi connectivity index (χ1n) is 8.72. The van der Waals surface area contributed by atoms with Crippen LogP contribution in [0, 0.1) is 0 Å². The van der Waals surface area contributed by atoms with E-state index >= 15 is 0 Å². The maximum absolute atomic E-state index is 5.76. The van der Waals surface area contributed by atoms with Crippen LogP contribution in [0.25, 0.3) is 0 Å². The molecule has 2 rings (SSSR count). The van der Waals surface area contributed by atoms with Gasteiger partial charge in [-0.3, -0.25) is 4.99 Å². The molecule has 1 aromatic carbocycles. The molecule has 1 aliphatic heterocycles. The van der Waals surface area contributed by atoms with Gasteiger partial charge < -0.3 is 19.7 Å². The Morgan fingerprint density at radius 1 is 1.32 bits per heavy atom. The van der Waals surface area contributed by atoms with Gasteiger partial charge in [-0.25, -0.2) is 0 Å². The number of rotatable bonds is 8. The Balaban J connectivity index is 0.00000312. The molecule has 1 heterocycles. The Hall–Kier alpha value is -1.28. The van der Waals surface area contributed by atoms with Crippen molar-refractivity contribution < 1.29 is 9.47 Å². The quantitative estimate of drug-likeness (QED) is 0.281. The lowest BCUT2D eigenvalue weighted by atomic mass is 10.1. The fourth-order valence-electron chi connectivity index (χ4n) is 2.49. The summed E-state index contributed by atoms with van der Waals surface area (Å²) in [4.78, 5) is 6.84. The van der Waals surface area contributed by atoms with Crippen molar-refractivity contribution in [2.75, 3.05) is 46.5 Å². The van der Waals surface area contributed by atoms with Gasteiger partial charge >= 0.3 is 0 Å². The number of benzene rings is 1. The van der Waals surface area contributed by atoms with Gasteiger partial charge in [0.1, 0.15) is 12.4 Å². The molecule has 1 aliphatic rings. The number of halogens is 1. The zero-order valence-corrected chi connectivity index (χ0v) is 17.6. The summed E-state index contributed by atoms with van der Waals surface area (Å²) >= 11 is 0. The van der Waals surface area contributed by atoms with Gasteiger partial charge in [0, 0.05) is 20.1 Å². The van der Waals surface area contributed by atoms with Crippen molar-refractivity contribution >= 4 is 29.9 Å². The number of nitrogens with one attached hydrogen (secondary N) is 1. The largest absolute Gasteiger partial charge is 0.492 e. The highest BCUT2D eigenvalue weighted by Gasteiger charge is 2.07. The number of likely N-dealkylation sites (N-methyl/N-ethyl adjacent to an activating group) is 1. The Labute approximate surface area is 168 Å². The fraction of sp³-hybridized carbons (Fsp3) is 0.526. The first-order valence-corrected chi connectivity index (χ1v) is 8.72. The molecule has 1 N–H and O–H groups in total. The van der Waals surface area contributed by atoms with Crippen molar-refractivity contribution in [1.29, 1.82) is 0 Å². The number of ether oxygens (including phenoxy) is 2. The molecule has 5 nitrogen and oxygen atoms in total. The lowest BCUT2D eigenvalue weighted by Crippen LogP contribution is -2.41. The van der Waals surface area contributed by atoms with Crippen LogP contribution in [0.3, 0.4) is 0 Å². The number of aliphatic imine (C=N–C) groups is 1. The van der Waals surface area contributed by atoms with Crippen LogP contribution in [-0.4, -0.2) is 57.4 Å². The summed E-state index contributed by atoms with van der Waals surface area (Å²) in [6, 6.07) is 9.90. The Bertz CT molecular complexity index is 535. The number of hydrogen-bond donors (Lipinski definition) is 1. The maximum Gasteiger partial charge on any atom is 0.193 e. The van der Waals surface area contributed by atoms with Crippen LogP contribution in [0.4, 0.5) is 0 Å². The van der Waals surface area contributed by atoms with Crippen LogP contribution in [0.5, 0.6) is 5.75 Å². The van der Waals surface area contributed by atoms with Crippen LogP contribution < -0.4 is 10.1 Å². The lowest BCUT2D eigenvalue weighted by Gasteiger charge is -2.22. The second-order valence-corrected chi connectivity index (χ2v) is 5.76. The van der Waals surface area contributed by atoms with Crippen LogP contribution >= 0.6 is 24.0 Å². The van der Waals surface area contributed by atoms with E-state index < -0.39 is 0 Å². The third-order valence-electron chi connectivity index (χ3n) is 3.89. The van der Waals surface area contributed by atoms with Crippen molar-refractivity contribution in [3.05, 3.63) is 42.0 Å². The third kappa shape index (κ3) is 8.58. The van der Waals surface area contributed by atoms with E-state index in [0.717, 1.165) is 57.4 Å². The van der Waals surface area contributed by atoms with Crippen LogP contribution in [0.1, 0.15) is 19.8 Å². The molecular weight excluding hydrogens is 429 g/mol. The number of hydrogen-bond acceptors (Lipinski definition) is 3. The minimum absolute atomic E-state index is 0. The first kappa shape index (κ1) is 21.8. The highest BCUT2D eigenvalue weighted by atomic mass is 127. The average Bonchev–Trinajstić information content (AvgIpc) is 2.63. The molecule has 0 radical (unpaired) electrons. The molecule has 0 saturated heterocycles. The maximum atomic E-state index is 5.76. The van der Waals surface area contributed by atoms with Gasteiger partial charge in [-0.1, -0.05) is 29.8 Å². The Kier molecular flexibility index (Phi) is 11.3. The summed E-state index contributed by atoms with van der Waals surface area (Å²) in [7, 11) is 2.05. The molecule has 0 bridgehead atoms. The smallest absolute Gasteiger partial charge is 0.193 e. The Morgan fingerprint density at radius 3 is 2.80 bits per heavy atom. The van der Waals surface area contributed by atoms with Crippen molar-refractivity contribution in [2.24, 2.45) is 4.99 Å². The first-order chi connectivity index (χ1) is 11.8. The molecule has 0 aromatic heterocycles. The van der Waals surface area contributed by atoms with Crippen molar-refractivity contribution in [3.63, 3.8) is 0 Å². The lowest BCUT2D eigenvalue weighted by molar-refractivity contribution is 0.153. The van der Waals surface area contributed by atoms with Gasteiger partial charge in [-0.15, -0.1) is 24.0 Å². The van der Waals surface area contributed by atoms with Gasteiger partial charge in [0.05, 0.1) is 19.8 Å². The third-order valence-corrected chi connectivity index (χ3v) is 3.89. The minimum atomic E-state index is 0. The fourth-order valence-corrected chi connectivity index (χ4v) is 2.49. The van der Waals surface area contributed by atoms with E-state index in [4.69, 9.17) is 14.5 Å². The average molecular weight is 459 g/mol. The topological polar surface area (TPSA) is 46.1 Å². The molecule has 6 heteroatoms. The minimum Gasteiger partial charge on any atom is -0.492 e. The van der Waals surface area contributed by atoms with Gasteiger partial charge in [0.15, 0.2) is 5.96 Å². The number of nitrogens with zero attached hydrogens (tertiary/aromatic N) is 2.